The van der Waals surface area contributed by atoms with Gasteiger partial charge in [-0.15, -0.1) is 0 Å². The molecule has 0 amide bonds. The van der Waals surface area contributed by atoms with Crippen molar-refractivity contribution in [2.24, 2.45) is 0 Å². The molecule has 0 fully saturated rings. The predicted molar refractivity (Wildman–Crippen MR) is 94.2 cm³/mol. The minimum atomic E-state index is 0.0515. The third kappa shape index (κ3) is 3.02. The molecule has 1 nitrogen and oxygen atoms in total. The summed E-state index contributed by atoms with van der Waals surface area (Å²) in [6, 6.07) is 23.5. The second-order valence-electron chi connectivity index (χ2n) is 5.25. The first-order valence-corrected chi connectivity index (χ1v) is 7.91. The lowest BCUT2D eigenvalue weighted by molar-refractivity contribution is 0.103. The molecular formula is C20H15BrO. The summed E-state index contributed by atoms with van der Waals surface area (Å²) >= 11 is 3.49. The lowest BCUT2D eigenvalue weighted by atomic mass is 9.94. The molecule has 0 bridgehead atoms. The van der Waals surface area contributed by atoms with Crippen molar-refractivity contribution in [2.45, 2.75) is 6.92 Å². The molecule has 108 valence electrons. The predicted octanol–water partition coefficient (Wildman–Crippen LogP) is 5.66. The highest BCUT2D eigenvalue weighted by Crippen LogP contribution is 2.28. The first kappa shape index (κ1) is 14.7. The molecule has 3 aromatic carbocycles. The summed E-state index contributed by atoms with van der Waals surface area (Å²) in [6.07, 6.45) is 0. The molecular weight excluding hydrogens is 336 g/mol. The topological polar surface area (TPSA) is 17.1 Å². The maximum atomic E-state index is 12.8. The molecule has 0 aliphatic rings. The Kier molecular flexibility index (Phi) is 4.21. The number of benzene rings is 3. The van der Waals surface area contributed by atoms with Gasteiger partial charge < -0.3 is 0 Å². The van der Waals surface area contributed by atoms with E-state index in [9.17, 15) is 4.79 Å². The van der Waals surface area contributed by atoms with E-state index in [1.54, 1.807) is 0 Å². The maximum absolute atomic E-state index is 12.8. The van der Waals surface area contributed by atoms with E-state index in [-0.39, 0.29) is 5.78 Å². The highest BCUT2D eigenvalue weighted by atomic mass is 79.9. The van der Waals surface area contributed by atoms with Crippen molar-refractivity contribution >= 4 is 21.7 Å². The molecule has 0 heterocycles. The standard InChI is InChI=1S/C20H15BrO/c1-14-9-11-15(12-10-14)20(22)19-8-3-2-7-18(19)16-5-4-6-17(21)13-16/h2-13H,1H3. The zero-order valence-electron chi connectivity index (χ0n) is 12.2. The van der Waals surface area contributed by atoms with Gasteiger partial charge in [0.2, 0.25) is 0 Å². The van der Waals surface area contributed by atoms with Crippen LogP contribution in [0.2, 0.25) is 0 Å². The van der Waals surface area contributed by atoms with Crippen molar-refractivity contribution in [2.75, 3.05) is 0 Å². The fourth-order valence-electron chi connectivity index (χ4n) is 2.45. The number of carbonyl (C=O) groups excluding carboxylic acids is 1. The van der Waals surface area contributed by atoms with Crippen LogP contribution < -0.4 is 0 Å². The Morgan fingerprint density at radius 1 is 0.864 bits per heavy atom. The van der Waals surface area contributed by atoms with Gasteiger partial charge in [0.1, 0.15) is 0 Å². The lowest BCUT2D eigenvalue weighted by Crippen LogP contribution is -2.03. The molecule has 0 saturated heterocycles. The van der Waals surface area contributed by atoms with E-state index in [0.717, 1.165) is 26.7 Å². The highest BCUT2D eigenvalue weighted by Gasteiger charge is 2.14. The molecule has 0 saturated carbocycles. The molecule has 0 aromatic heterocycles. The van der Waals surface area contributed by atoms with E-state index in [1.165, 1.54) is 0 Å². The molecule has 0 N–H and O–H groups in total. The third-order valence-electron chi connectivity index (χ3n) is 3.62. The molecule has 0 spiro atoms. The summed E-state index contributed by atoms with van der Waals surface area (Å²) in [5.74, 6) is 0.0515. The number of hydrogen-bond donors (Lipinski definition) is 0. The lowest BCUT2D eigenvalue weighted by Gasteiger charge is -2.09. The highest BCUT2D eigenvalue weighted by molar-refractivity contribution is 9.10. The number of aryl methyl sites for hydroxylation is 1. The molecule has 0 unspecified atom stereocenters. The Bertz CT molecular complexity index is 819. The summed E-state index contributed by atoms with van der Waals surface area (Å²) in [4.78, 5) is 12.8. The van der Waals surface area contributed by atoms with Crippen molar-refractivity contribution in [3.05, 3.63) is 94.0 Å². The molecule has 0 aliphatic heterocycles. The van der Waals surface area contributed by atoms with Crippen LogP contribution in [0.25, 0.3) is 11.1 Å². The molecule has 2 heteroatoms. The zero-order valence-corrected chi connectivity index (χ0v) is 13.8. The fraction of sp³-hybridized carbons (Fsp3) is 0.0500. The fourth-order valence-corrected chi connectivity index (χ4v) is 2.85. The van der Waals surface area contributed by atoms with Crippen LogP contribution in [0.15, 0.2) is 77.3 Å². The van der Waals surface area contributed by atoms with Gasteiger partial charge in [-0.1, -0.05) is 82.2 Å². The first-order valence-electron chi connectivity index (χ1n) is 7.11. The van der Waals surface area contributed by atoms with Gasteiger partial charge in [0.25, 0.3) is 0 Å². The van der Waals surface area contributed by atoms with Crippen LogP contribution >= 0.6 is 15.9 Å². The number of rotatable bonds is 3. The molecule has 22 heavy (non-hydrogen) atoms. The van der Waals surface area contributed by atoms with Crippen LogP contribution in [-0.4, -0.2) is 5.78 Å². The molecule has 3 rings (SSSR count). The second kappa shape index (κ2) is 6.29. The van der Waals surface area contributed by atoms with Crippen molar-refractivity contribution in [1.29, 1.82) is 0 Å². The van der Waals surface area contributed by atoms with Crippen molar-refractivity contribution < 1.29 is 4.79 Å². The Balaban J connectivity index is 2.08. The summed E-state index contributed by atoms with van der Waals surface area (Å²) in [5.41, 5.74) is 4.58. The number of ketones is 1. The minimum Gasteiger partial charge on any atom is -0.289 e. The van der Waals surface area contributed by atoms with Crippen molar-refractivity contribution in [3.8, 4) is 11.1 Å². The Labute approximate surface area is 138 Å². The van der Waals surface area contributed by atoms with Gasteiger partial charge >= 0.3 is 0 Å². The number of carbonyl (C=O) groups is 1. The average molecular weight is 351 g/mol. The molecule has 0 atom stereocenters. The quantitative estimate of drug-likeness (QED) is 0.557. The molecule has 0 radical (unpaired) electrons. The smallest absolute Gasteiger partial charge is 0.193 e. The van der Waals surface area contributed by atoms with Gasteiger partial charge in [-0.25, -0.2) is 0 Å². The van der Waals surface area contributed by atoms with Gasteiger partial charge in [0.15, 0.2) is 5.78 Å². The van der Waals surface area contributed by atoms with Gasteiger partial charge in [-0.3, -0.25) is 4.79 Å². The Hall–Kier alpha value is -2.19. The van der Waals surface area contributed by atoms with Crippen LogP contribution in [0.1, 0.15) is 21.5 Å². The summed E-state index contributed by atoms with van der Waals surface area (Å²) in [5, 5.41) is 0. The molecule has 3 aromatic rings. The number of hydrogen-bond acceptors (Lipinski definition) is 1. The average Bonchev–Trinajstić information content (AvgIpc) is 2.55. The Morgan fingerprint density at radius 3 is 2.32 bits per heavy atom. The molecule has 0 aliphatic carbocycles. The van der Waals surface area contributed by atoms with Gasteiger partial charge in [0, 0.05) is 15.6 Å². The van der Waals surface area contributed by atoms with Crippen LogP contribution in [0.5, 0.6) is 0 Å². The van der Waals surface area contributed by atoms with Crippen LogP contribution in [0, 0.1) is 6.92 Å². The summed E-state index contributed by atoms with van der Waals surface area (Å²) in [6.45, 7) is 2.02. The second-order valence-corrected chi connectivity index (χ2v) is 6.17. The van der Waals surface area contributed by atoms with Crippen LogP contribution in [0.4, 0.5) is 0 Å². The summed E-state index contributed by atoms with van der Waals surface area (Å²) < 4.78 is 1.00. The van der Waals surface area contributed by atoms with E-state index in [4.69, 9.17) is 0 Å². The van der Waals surface area contributed by atoms with Crippen LogP contribution in [0.3, 0.4) is 0 Å². The third-order valence-corrected chi connectivity index (χ3v) is 4.11. The summed E-state index contributed by atoms with van der Waals surface area (Å²) in [7, 11) is 0. The van der Waals surface area contributed by atoms with Crippen LogP contribution in [-0.2, 0) is 0 Å². The van der Waals surface area contributed by atoms with E-state index < -0.39 is 0 Å². The van der Waals surface area contributed by atoms with Crippen molar-refractivity contribution in [3.63, 3.8) is 0 Å². The van der Waals surface area contributed by atoms with E-state index in [0.29, 0.717) is 5.56 Å². The monoisotopic (exact) mass is 350 g/mol. The SMILES string of the molecule is Cc1ccc(C(=O)c2ccccc2-c2cccc(Br)c2)cc1. The van der Waals surface area contributed by atoms with Gasteiger partial charge in [0.05, 0.1) is 0 Å². The van der Waals surface area contributed by atoms with E-state index in [2.05, 4.69) is 15.9 Å². The van der Waals surface area contributed by atoms with Gasteiger partial charge in [-0.2, -0.15) is 0 Å². The number of halogens is 1. The van der Waals surface area contributed by atoms with Gasteiger partial charge in [-0.05, 0) is 30.2 Å². The minimum absolute atomic E-state index is 0.0515. The van der Waals surface area contributed by atoms with E-state index in [1.807, 2.05) is 79.7 Å². The maximum Gasteiger partial charge on any atom is 0.193 e. The first-order chi connectivity index (χ1) is 10.6. The normalized spacial score (nSPS) is 10.5. The largest absolute Gasteiger partial charge is 0.289 e. The Morgan fingerprint density at radius 2 is 1.59 bits per heavy atom. The van der Waals surface area contributed by atoms with Crippen molar-refractivity contribution in [1.82, 2.24) is 0 Å². The van der Waals surface area contributed by atoms with E-state index >= 15 is 0 Å². The zero-order chi connectivity index (χ0) is 15.5.